The van der Waals surface area contributed by atoms with E-state index < -0.39 is 40.4 Å². The standard InChI is InChI=1S/C30H29NO9S/c1-19(2)39-30(35)22-6-10-24(11-7-22)31-17-23(16-28(31)33)29(34)38-18-27(32)21-8-12-25(13-9-21)40-41(36,37)26-14-4-20(3)5-15-26/h4-15,19,23H,16-18H2,1-3H3/t23-/m0/s1. The van der Waals surface area contributed by atoms with Crippen LogP contribution >= 0.6 is 0 Å². The van der Waals surface area contributed by atoms with E-state index in [0.29, 0.717) is 11.3 Å². The Morgan fingerprint density at radius 1 is 0.902 bits per heavy atom. The maximum atomic E-state index is 12.6. The summed E-state index contributed by atoms with van der Waals surface area (Å²) in [5.74, 6) is -2.68. The molecule has 0 bridgehead atoms. The Hall–Kier alpha value is -4.51. The Kier molecular flexibility index (Phi) is 8.87. The molecule has 0 unspecified atom stereocenters. The number of ketones is 1. The molecule has 0 radical (unpaired) electrons. The summed E-state index contributed by atoms with van der Waals surface area (Å²) < 4.78 is 40.4. The number of rotatable bonds is 10. The van der Waals surface area contributed by atoms with Crippen LogP contribution in [0.4, 0.5) is 5.69 Å². The summed E-state index contributed by atoms with van der Waals surface area (Å²) in [6.45, 7) is 4.86. The highest BCUT2D eigenvalue weighted by Gasteiger charge is 2.36. The van der Waals surface area contributed by atoms with Gasteiger partial charge in [-0.05, 0) is 81.4 Å². The molecule has 0 N–H and O–H groups in total. The van der Waals surface area contributed by atoms with Crippen molar-refractivity contribution < 1.29 is 41.3 Å². The molecule has 3 aromatic rings. The van der Waals surface area contributed by atoms with E-state index in [1.54, 1.807) is 50.2 Å². The maximum absolute atomic E-state index is 12.6. The largest absolute Gasteiger partial charge is 0.459 e. The smallest absolute Gasteiger partial charge is 0.339 e. The maximum Gasteiger partial charge on any atom is 0.339 e. The minimum Gasteiger partial charge on any atom is -0.459 e. The Balaban J connectivity index is 1.29. The summed E-state index contributed by atoms with van der Waals surface area (Å²) in [7, 11) is -4.04. The zero-order valence-electron chi connectivity index (χ0n) is 22.7. The molecule has 214 valence electrons. The molecule has 1 aliphatic rings. The van der Waals surface area contributed by atoms with Crippen molar-refractivity contribution in [2.75, 3.05) is 18.1 Å². The van der Waals surface area contributed by atoms with Gasteiger partial charge in [0.25, 0.3) is 0 Å². The van der Waals surface area contributed by atoms with Gasteiger partial charge < -0.3 is 18.6 Å². The van der Waals surface area contributed by atoms with E-state index in [1.165, 1.54) is 41.3 Å². The first-order valence-electron chi connectivity index (χ1n) is 12.9. The third kappa shape index (κ3) is 7.37. The summed E-state index contributed by atoms with van der Waals surface area (Å²) in [4.78, 5) is 51.2. The molecule has 1 fully saturated rings. The zero-order chi connectivity index (χ0) is 29.7. The summed E-state index contributed by atoms with van der Waals surface area (Å²) in [5.41, 5.74) is 1.96. The number of Topliss-reactive ketones (excluding diaryl/α,β-unsaturated/α-hetero) is 1. The predicted molar refractivity (Wildman–Crippen MR) is 148 cm³/mol. The average molecular weight is 580 g/mol. The first kappa shape index (κ1) is 29.5. The topological polar surface area (TPSA) is 133 Å². The number of carbonyl (C=O) groups excluding carboxylic acids is 4. The molecule has 1 atom stereocenters. The number of esters is 2. The van der Waals surface area contributed by atoms with Gasteiger partial charge in [-0.15, -0.1) is 0 Å². The van der Waals surface area contributed by atoms with E-state index in [1.807, 2.05) is 6.92 Å². The predicted octanol–water partition coefficient (Wildman–Crippen LogP) is 4.11. The van der Waals surface area contributed by atoms with Gasteiger partial charge in [0.05, 0.1) is 17.6 Å². The molecular formula is C30H29NO9S. The summed E-state index contributed by atoms with van der Waals surface area (Å²) >= 11 is 0. The minimum atomic E-state index is -4.04. The first-order chi connectivity index (χ1) is 19.4. The molecule has 1 heterocycles. The highest BCUT2D eigenvalue weighted by Crippen LogP contribution is 2.27. The van der Waals surface area contributed by atoms with Crippen molar-refractivity contribution >= 4 is 39.4 Å². The fraction of sp³-hybridized carbons (Fsp3) is 0.267. The van der Waals surface area contributed by atoms with Gasteiger partial charge in [0.1, 0.15) is 10.6 Å². The summed E-state index contributed by atoms with van der Waals surface area (Å²) in [6, 6.07) is 17.9. The summed E-state index contributed by atoms with van der Waals surface area (Å²) in [5, 5.41) is 0. The molecule has 0 spiro atoms. The van der Waals surface area contributed by atoms with Gasteiger partial charge >= 0.3 is 22.1 Å². The second-order valence-electron chi connectivity index (χ2n) is 9.81. The van der Waals surface area contributed by atoms with E-state index >= 15 is 0 Å². The zero-order valence-corrected chi connectivity index (χ0v) is 23.6. The van der Waals surface area contributed by atoms with Crippen molar-refractivity contribution in [2.24, 2.45) is 5.92 Å². The number of hydrogen-bond acceptors (Lipinski definition) is 9. The van der Waals surface area contributed by atoms with E-state index in [-0.39, 0.29) is 41.2 Å². The van der Waals surface area contributed by atoms with Crippen LogP contribution in [0.1, 0.15) is 46.5 Å². The fourth-order valence-electron chi connectivity index (χ4n) is 4.09. The SMILES string of the molecule is Cc1ccc(S(=O)(=O)Oc2ccc(C(=O)COC(=O)[C@H]3CC(=O)N(c4ccc(C(=O)OC(C)C)cc4)C3)cc2)cc1. The molecule has 0 saturated carbocycles. The van der Waals surface area contributed by atoms with E-state index in [4.69, 9.17) is 13.7 Å². The van der Waals surface area contributed by atoms with Crippen molar-refractivity contribution in [3.8, 4) is 5.75 Å². The van der Waals surface area contributed by atoms with Crippen LogP contribution in [-0.4, -0.2) is 51.3 Å². The summed E-state index contributed by atoms with van der Waals surface area (Å²) in [6.07, 6.45) is -0.339. The number of nitrogens with zero attached hydrogens (tertiary/aromatic N) is 1. The monoisotopic (exact) mass is 579 g/mol. The fourth-order valence-corrected chi connectivity index (χ4v) is 5.02. The minimum absolute atomic E-state index is 0.00230. The number of ether oxygens (including phenoxy) is 2. The lowest BCUT2D eigenvalue weighted by Crippen LogP contribution is -2.27. The number of carbonyl (C=O) groups is 4. The average Bonchev–Trinajstić information content (AvgIpc) is 3.33. The van der Waals surface area contributed by atoms with Gasteiger partial charge in [0.15, 0.2) is 12.4 Å². The van der Waals surface area contributed by atoms with E-state index in [2.05, 4.69) is 0 Å². The molecule has 10 nitrogen and oxygen atoms in total. The van der Waals surface area contributed by atoms with Gasteiger partial charge in [-0.3, -0.25) is 14.4 Å². The Morgan fingerprint density at radius 2 is 1.51 bits per heavy atom. The molecule has 0 aromatic heterocycles. The first-order valence-corrected chi connectivity index (χ1v) is 14.3. The van der Waals surface area contributed by atoms with Crippen molar-refractivity contribution in [1.29, 1.82) is 0 Å². The van der Waals surface area contributed by atoms with Gasteiger partial charge in [-0.25, -0.2) is 4.79 Å². The van der Waals surface area contributed by atoms with Gasteiger partial charge in [-0.1, -0.05) is 17.7 Å². The lowest BCUT2D eigenvalue weighted by atomic mass is 10.1. The van der Waals surface area contributed by atoms with Crippen LogP contribution in [0.2, 0.25) is 0 Å². The molecular weight excluding hydrogens is 550 g/mol. The second-order valence-corrected chi connectivity index (χ2v) is 11.4. The van der Waals surface area contributed by atoms with Crippen molar-refractivity contribution in [3.63, 3.8) is 0 Å². The molecule has 1 saturated heterocycles. The van der Waals surface area contributed by atoms with Gasteiger partial charge in [-0.2, -0.15) is 8.42 Å². The highest BCUT2D eigenvalue weighted by molar-refractivity contribution is 7.87. The van der Waals surface area contributed by atoms with Gasteiger partial charge in [0, 0.05) is 24.2 Å². The van der Waals surface area contributed by atoms with E-state index in [9.17, 15) is 27.6 Å². The van der Waals surface area contributed by atoms with Crippen LogP contribution in [0.5, 0.6) is 5.75 Å². The van der Waals surface area contributed by atoms with Crippen molar-refractivity contribution in [1.82, 2.24) is 0 Å². The number of amides is 1. The van der Waals surface area contributed by atoms with Crippen molar-refractivity contribution in [2.45, 2.75) is 38.2 Å². The molecule has 11 heteroatoms. The third-order valence-electron chi connectivity index (χ3n) is 6.25. The van der Waals surface area contributed by atoms with Gasteiger partial charge in [0.2, 0.25) is 5.91 Å². The van der Waals surface area contributed by atoms with Crippen LogP contribution in [0.25, 0.3) is 0 Å². The highest BCUT2D eigenvalue weighted by atomic mass is 32.2. The number of hydrogen-bond donors (Lipinski definition) is 0. The number of benzene rings is 3. The molecule has 3 aromatic carbocycles. The van der Waals surface area contributed by atoms with Crippen LogP contribution in [-0.2, 0) is 29.2 Å². The van der Waals surface area contributed by atoms with Crippen LogP contribution in [0.15, 0.2) is 77.7 Å². The molecule has 1 aliphatic heterocycles. The third-order valence-corrected chi connectivity index (χ3v) is 7.51. The number of aryl methyl sites for hydroxylation is 1. The van der Waals surface area contributed by atoms with Crippen LogP contribution in [0.3, 0.4) is 0 Å². The van der Waals surface area contributed by atoms with Crippen molar-refractivity contribution in [3.05, 3.63) is 89.5 Å². The Labute approximate surface area is 238 Å². The lowest BCUT2D eigenvalue weighted by molar-refractivity contribution is -0.147. The molecule has 4 rings (SSSR count). The number of anilines is 1. The van der Waals surface area contributed by atoms with Crippen LogP contribution < -0.4 is 9.08 Å². The molecule has 41 heavy (non-hydrogen) atoms. The normalized spacial score (nSPS) is 15.1. The van der Waals surface area contributed by atoms with E-state index in [0.717, 1.165) is 5.56 Å². The molecule has 1 amide bonds. The Bertz CT molecular complexity index is 1540. The second kappa shape index (κ2) is 12.3. The van der Waals surface area contributed by atoms with Crippen LogP contribution in [0, 0.1) is 12.8 Å². The Morgan fingerprint density at radius 3 is 2.12 bits per heavy atom. The molecule has 0 aliphatic carbocycles. The lowest BCUT2D eigenvalue weighted by Gasteiger charge is -2.17. The quantitative estimate of drug-likeness (QED) is 0.198.